The highest BCUT2D eigenvalue weighted by Crippen LogP contribution is 2.13. The van der Waals surface area contributed by atoms with Crippen LogP contribution in [0.4, 0.5) is 13.2 Å². The summed E-state index contributed by atoms with van der Waals surface area (Å²) in [5.41, 5.74) is 2.31. The van der Waals surface area contributed by atoms with Crippen LogP contribution in [-0.4, -0.2) is 19.3 Å². The van der Waals surface area contributed by atoms with E-state index in [9.17, 15) is 13.2 Å². The smallest absolute Gasteiger partial charge is 0.292 e. The molecule has 0 aliphatic rings. The lowest BCUT2D eigenvalue weighted by atomic mass is 10.1. The van der Waals surface area contributed by atoms with Crippen LogP contribution in [0.5, 0.6) is 0 Å². The molecule has 1 unspecified atom stereocenters. The zero-order chi connectivity index (χ0) is 10.3. The number of hydroxylamine groups is 1. The molecule has 0 fully saturated rings. The van der Waals surface area contributed by atoms with Gasteiger partial charge in [0, 0.05) is 6.54 Å². The SMILES string of the molecule is CCCC(C)CNOCC(F)(F)F. The van der Waals surface area contributed by atoms with Crippen LogP contribution in [0, 0.1) is 5.92 Å². The molecule has 0 saturated heterocycles. The first kappa shape index (κ1) is 12.7. The van der Waals surface area contributed by atoms with Crippen LogP contribution in [0.3, 0.4) is 0 Å². The Morgan fingerprint density at radius 3 is 2.46 bits per heavy atom. The predicted molar refractivity (Wildman–Crippen MR) is 44.1 cm³/mol. The number of alkyl halides is 3. The largest absolute Gasteiger partial charge is 0.413 e. The van der Waals surface area contributed by atoms with Gasteiger partial charge in [-0.05, 0) is 12.3 Å². The Morgan fingerprint density at radius 2 is 2.00 bits per heavy atom. The molecule has 5 heteroatoms. The Hall–Kier alpha value is -0.290. The first-order chi connectivity index (χ1) is 5.95. The Balaban J connectivity index is 3.25. The Bertz CT molecular complexity index is 127. The summed E-state index contributed by atoms with van der Waals surface area (Å²) in [5.74, 6) is 0.346. The summed E-state index contributed by atoms with van der Waals surface area (Å²) in [6.45, 7) is 3.23. The number of hydrogen-bond acceptors (Lipinski definition) is 2. The summed E-state index contributed by atoms with van der Waals surface area (Å²) < 4.78 is 34.7. The van der Waals surface area contributed by atoms with Gasteiger partial charge in [0.25, 0.3) is 0 Å². The third kappa shape index (κ3) is 9.63. The molecule has 0 aromatic carbocycles. The maximum Gasteiger partial charge on any atom is 0.413 e. The van der Waals surface area contributed by atoms with Crippen molar-refractivity contribution in [2.75, 3.05) is 13.2 Å². The summed E-state index contributed by atoms with van der Waals surface area (Å²) in [4.78, 5) is 4.24. The minimum atomic E-state index is -4.25. The molecule has 80 valence electrons. The van der Waals surface area contributed by atoms with Crippen molar-refractivity contribution in [2.24, 2.45) is 5.92 Å². The summed E-state index contributed by atoms with van der Waals surface area (Å²) >= 11 is 0. The zero-order valence-electron chi connectivity index (χ0n) is 7.95. The Labute approximate surface area is 76.4 Å². The van der Waals surface area contributed by atoms with E-state index in [1.807, 2.05) is 13.8 Å². The first-order valence-electron chi connectivity index (χ1n) is 4.37. The minimum Gasteiger partial charge on any atom is -0.292 e. The number of hydrogen-bond donors (Lipinski definition) is 1. The highest BCUT2D eigenvalue weighted by Gasteiger charge is 2.27. The fourth-order valence-electron chi connectivity index (χ4n) is 0.929. The van der Waals surface area contributed by atoms with E-state index < -0.39 is 12.8 Å². The van der Waals surface area contributed by atoms with Crippen LogP contribution in [-0.2, 0) is 4.84 Å². The van der Waals surface area contributed by atoms with Gasteiger partial charge in [-0.15, -0.1) is 0 Å². The van der Waals surface area contributed by atoms with E-state index in [1.165, 1.54) is 0 Å². The van der Waals surface area contributed by atoms with Crippen LogP contribution >= 0.6 is 0 Å². The topological polar surface area (TPSA) is 21.3 Å². The lowest BCUT2D eigenvalue weighted by Crippen LogP contribution is -2.27. The second-order valence-electron chi connectivity index (χ2n) is 3.15. The highest BCUT2D eigenvalue weighted by atomic mass is 19.4. The van der Waals surface area contributed by atoms with E-state index in [0.29, 0.717) is 12.5 Å². The number of nitrogens with one attached hydrogen (secondary N) is 1. The van der Waals surface area contributed by atoms with Crippen molar-refractivity contribution in [3.8, 4) is 0 Å². The van der Waals surface area contributed by atoms with Gasteiger partial charge in [-0.2, -0.15) is 13.2 Å². The molecule has 0 rings (SSSR count). The van der Waals surface area contributed by atoms with Crippen LogP contribution < -0.4 is 5.48 Å². The molecule has 0 amide bonds. The summed E-state index contributed by atoms with van der Waals surface area (Å²) in [6, 6.07) is 0. The number of rotatable bonds is 6. The molecule has 0 radical (unpaired) electrons. The maximum absolute atomic E-state index is 11.6. The molecule has 0 saturated carbocycles. The van der Waals surface area contributed by atoms with Crippen molar-refractivity contribution in [3.05, 3.63) is 0 Å². The molecule has 2 nitrogen and oxygen atoms in total. The molecule has 13 heavy (non-hydrogen) atoms. The highest BCUT2D eigenvalue weighted by molar-refractivity contribution is 4.52. The Morgan fingerprint density at radius 1 is 1.38 bits per heavy atom. The van der Waals surface area contributed by atoms with E-state index in [2.05, 4.69) is 10.3 Å². The van der Waals surface area contributed by atoms with E-state index >= 15 is 0 Å². The zero-order valence-corrected chi connectivity index (χ0v) is 7.95. The molecule has 0 spiro atoms. The lowest BCUT2D eigenvalue weighted by molar-refractivity contribution is -0.190. The van der Waals surface area contributed by atoms with Gasteiger partial charge in [0.2, 0.25) is 0 Å². The molecular formula is C8H16F3NO. The average Bonchev–Trinajstić information content (AvgIpc) is 1.97. The first-order valence-corrected chi connectivity index (χ1v) is 4.37. The molecule has 0 aromatic heterocycles. The van der Waals surface area contributed by atoms with Crippen molar-refractivity contribution in [2.45, 2.75) is 32.9 Å². The minimum absolute atomic E-state index is 0.346. The molecule has 1 N–H and O–H groups in total. The predicted octanol–water partition coefficient (Wildman–Crippen LogP) is 2.51. The molecule has 0 aliphatic heterocycles. The summed E-state index contributed by atoms with van der Waals surface area (Å²) in [7, 11) is 0. The molecule has 0 heterocycles. The van der Waals surface area contributed by atoms with Crippen molar-refractivity contribution < 1.29 is 18.0 Å². The van der Waals surface area contributed by atoms with Gasteiger partial charge < -0.3 is 0 Å². The van der Waals surface area contributed by atoms with E-state index in [-0.39, 0.29) is 0 Å². The standard InChI is InChI=1S/C8H16F3NO/c1-3-4-7(2)5-12-13-6-8(9,10)11/h7,12H,3-6H2,1-2H3. The Kier molecular flexibility index (Phi) is 6.07. The maximum atomic E-state index is 11.6. The quantitative estimate of drug-likeness (QED) is 0.524. The van der Waals surface area contributed by atoms with Crippen molar-refractivity contribution in [1.82, 2.24) is 5.48 Å². The molecule has 0 aromatic rings. The van der Waals surface area contributed by atoms with Crippen molar-refractivity contribution in [3.63, 3.8) is 0 Å². The van der Waals surface area contributed by atoms with E-state index in [0.717, 1.165) is 12.8 Å². The average molecular weight is 199 g/mol. The summed E-state index contributed by atoms with van der Waals surface area (Å²) in [5, 5.41) is 0. The van der Waals surface area contributed by atoms with Gasteiger partial charge >= 0.3 is 6.18 Å². The molecule has 0 aliphatic carbocycles. The van der Waals surface area contributed by atoms with E-state index in [4.69, 9.17) is 0 Å². The second-order valence-corrected chi connectivity index (χ2v) is 3.15. The fraction of sp³-hybridized carbons (Fsp3) is 1.00. The van der Waals surface area contributed by atoms with Gasteiger partial charge in [0.05, 0.1) is 0 Å². The third-order valence-corrected chi connectivity index (χ3v) is 1.55. The number of halogens is 3. The van der Waals surface area contributed by atoms with Gasteiger partial charge in [-0.3, -0.25) is 4.84 Å². The fourth-order valence-corrected chi connectivity index (χ4v) is 0.929. The van der Waals surface area contributed by atoms with Gasteiger partial charge in [0.1, 0.15) is 0 Å². The van der Waals surface area contributed by atoms with Crippen LogP contribution in [0.1, 0.15) is 26.7 Å². The molecule has 0 bridgehead atoms. The lowest BCUT2D eigenvalue weighted by Gasteiger charge is -2.12. The van der Waals surface area contributed by atoms with Gasteiger partial charge in [0.15, 0.2) is 6.61 Å². The van der Waals surface area contributed by atoms with Gasteiger partial charge in [-0.1, -0.05) is 20.3 Å². The van der Waals surface area contributed by atoms with E-state index in [1.54, 1.807) is 0 Å². The molecule has 1 atom stereocenters. The summed E-state index contributed by atoms with van der Waals surface area (Å²) in [6.07, 6.45) is -2.23. The van der Waals surface area contributed by atoms with Gasteiger partial charge in [-0.25, -0.2) is 5.48 Å². The van der Waals surface area contributed by atoms with Crippen molar-refractivity contribution >= 4 is 0 Å². The second kappa shape index (κ2) is 6.21. The van der Waals surface area contributed by atoms with Crippen LogP contribution in [0.15, 0.2) is 0 Å². The third-order valence-electron chi connectivity index (χ3n) is 1.55. The molecular weight excluding hydrogens is 183 g/mol. The van der Waals surface area contributed by atoms with Crippen LogP contribution in [0.2, 0.25) is 0 Å². The monoisotopic (exact) mass is 199 g/mol. The van der Waals surface area contributed by atoms with Crippen LogP contribution in [0.25, 0.3) is 0 Å². The normalized spacial score (nSPS) is 14.5. The van der Waals surface area contributed by atoms with Crippen molar-refractivity contribution in [1.29, 1.82) is 0 Å².